The highest BCUT2D eigenvalue weighted by Gasteiger charge is 2.34. The van der Waals surface area contributed by atoms with Gasteiger partial charge in [0.2, 0.25) is 12.0 Å². The van der Waals surface area contributed by atoms with E-state index in [1.165, 1.54) is 6.07 Å². The summed E-state index contributed by atoms with van der Waals surface area (Å²) in [4.78, 5) is 46.3. The molecule has 0 amide bonds. The fraction of sp³-hybridized carbons (Fsp3) is 0.0833. The van der Waals surface area contributed by atoms with E-state index in [0.29, 0.717) is 10.8 Å². The highest BCUT2D eigenvalue weighted by Crippen LogP contribution is 2.33. The number of nitrogens with one attached hydrogen (secondary N) is 1. The summed E-state index contributed by atoms with van der Waals surface area (Å²) in [7, 11) is 0. The Labute approximate surface area is 119 Å². The Morgan fingerprint density at radius 3 is 2.73 bits per heavy atom. The number of H-pyrrole nitrogens is 1. The second-order valence-electron chi connectivity index (χ2n) is 4.43. The molecule has 0 aliphatic carbocycles. The van der Waals surface area contributed by atoms with Gasteiger partial charge >= 0.3 is 11.7 Å². The largest absolute Gasteiger partial charge is 0.433 e. The van der Waals surface area contributed by atoms with Crippen LogP contribution in [0, 0.1) is 15.9 Å². The van der Waals surface area contributed by atoms with Crippen LogP contribution in [-0.4, -0.2) is 20.4 Å². The second kappa shape index (κ2) is 4.62. The summed E-state index contributed by atoms with van der Waals surface area (Å²) in [6.07, 6.45) is -0.811. The van der Waals surface area contributed by atoms with Crippen LogP contribution in [-0.2, 0) is 4.74 Å². The molecule has 0 fully saturated rings. The number of fused-ring (bicyclic) bond motifs is 1. The first-order chi connectivity index (χ1) is 10.4. The van der Waals surface area contributed by atoms with E-state index in [1.807, 2.05) is 0 Å². The predicted molar refractivity (Wildman–Crippen MR) is 67.9 cm³/mol. The first kappa shape index (κ1) is 13.7. The van der Waals surface area contributed by atoms with Crippen LogP contribution >= 0.6 is 0 Å². The minimum Gasteiger partial charge on any atom is -0.433 e. The number of halogens is 1. The van der Waals surface area contributed by atoms with Gasteiger partial charge < -0.3 is 4.74 Å². The van der Waals surface area contributed by atoms with Gasteiger partial charge in [0, 0.05) is 17.7 Å². The van der Waals surface area contributed by atoms with Crippen molar-refractivity contribution < 1.29 is 18.8 Å². The highest BCUT2D eigenvalue weighted by atomic mass is 19.1. The van der Waals surface area contributed by atoms with Gasteiger partial charge in [-0.1, -0.05) is 0 Å². The van der Waals surface area contributed by atoms with Crippen LogP contribution in [0.15, 0.2) is 34.0 Å². The summed E-state index contributed by atoms with van der Waals surface area (Å²) in [6.45, 7) is 0. The Balaban J connectivity index is 2.21. The summed E-state index contributed by atoms with van der Waals surface area (Å²) < 4.78 is 18.9. The molecule has 22 heavy (non-hydrogen) atoms. The number of carbonyl (C=O) groups excluding carboxylic acids is 1. The summed E-state index contributed by atoms with van der Waals surface area (Å²) in [5.74, 6) is -2.07. The number of esters is 1. The van der Waals surface area contributed by atoms with Crippen molar-refractivity contribution >= 4 is 11.7 Å². The third-order valence-corrected chi connectivity index (χ3v) is 3.13. The van der Waals surface area contributed by atoms with Crippen LogP contribution < -0.4 is 11.2 Å². The van der Waals surface area contributed by atoms with Gasteiger partial charge in [0.25, 0.3) is 11.2 Å². The number of non-ortho nitro benzene ring substituents is 1. The second-order valence-corrected chi connectivity index (χ2v) is 4.43. The Kier molecular flexibility index (Phi) is 2.87. The molecule has 3 rings (SSSR count). The molecule has 1 atom stereocenters. The van der Waals surface area contributed by atoms with Crippen molar-refractivity contribution in [2.24, 2.45) is 0 Å². The molecule has 112 valence electrons. The Morgan fingerprint density at radius 1 is 1.32 bits per heavy atom. The van der Waals surface area contributed by atoms with Crippen molar-refractivity contribution in [3.05, 3.63) is 72.3 Å². The fourth-order valence-electron chi connectivity index (χ4n) is 2.12. The number of cyclic esters (lactones) is 1. The summed E-state index contributed by atoms with van der Waals surface area (Å²) in [6, 6.07) is 3.35. The zero-order chi connectivity index (χ0) is 16.0. The third-order valence-electron chi connectivity index (χ3n) is 3.13. The summed E-state index contributed by atoms with van der Waals surface area (Å²) in [5, 5.41) is 10.8. The SMILES string of the molecule is O=C1OC(n2cc(F)c(=O)[nH]c2=O)c2cc([N+](=O)[O-])ccc21. The van der Waals surface area contributed by atoms with E-state index in [2.05, 4.69) is 0 Å². The van der Waals surface area contributed by atoms with Crippen molar-refractivity contribution in [1.29, 1.82) is 0 Å². The van der Waals surface area contributed by atoms with Crippen LogP contribution in [0.2, 0.25) is 0 Å². The summed E-state index contributed by atoms with van der Waals surface area (Å²) >= 11 is 0. The normalized spacial score (nSPS) is 16.2. The number of aromatic amines is 1. The average Bonchev–Trinajstić information content (AvgIpc) is 2.79. The molecule has 0 spiro atoms. The van der Waals surface area contributed by atoms with E-state index in [9.17, 15) is 28.9 Å². The van der Waals surface area contributed by atoms with Gasteiger partial charge in [0.15, 0.2) is 0 Å². The Morgan fingerprint density at radius 2 is 2.05 bits per heavy atom. The number of nitrogens with zero attached hydrogens (tertiary/aromatic N) is 2. The van der Waals surface area contributed by atoms with E-state index in [1.54, 1.807) is 4.98 Å². The Bertz CT molecular complexity index is 931. The number of hydrogen-bond donors (Lipinski definition) is 1. The monoisotopic (exact) mass is 307 g/mol. The Hall–Kier alpha value is -3.30. The van der Waals surface area contributed by atoms with Gasteiger partial charge in [0.05, 0.1) is 16.7 Å². The average molecular weight is 307 g/mol. The molecule has 2 aromatic rings. The van der Waals surface area contributed by atoms with Crippen LogP contribution in [0.4, 0.5) is 10.1 Å². The van der Waals surface area contributed by atoms with E-state index < -0.39 is 34.2 Å². The van der Waals surface area contributed by atoms with Crippen LogP contribution in [0.3, 0.4) is 0 Å². The molecular weight excluding hydrogens is 301 g/mol. The van der Waals surface area contributed by atoms with Crippen LogP contribution in [0.1, 0.15) is 22.1 Å². The number of benzene rings is 1. The number of ether oxygens (including phenoxy) is 1. The van der Waals surface area contributed by atoms with Crippen molar-refractivity contribution in [1.82, 2.24) is 9.55 Å². The van der Waals surface area contributed by atoms with Gasteiger partial charge in [-0.3, -0.25) is 24.5 Å². The quantitative estimate of drug-likeness (QED) is 0.483. The zero-order valence-corrected chi connectivity index (χ0v) is 10.6. The number of nitro groups is 1. The van der Waals surface area contributed by atoms with Crippen molar-refractivity contribution in [3.8, 4) is 0 Å². The van der Waals surface area contributed by atoms with Gasteiger partial charge in [-0.2, -0.15) is 4.39 Å². The molecule has 0 bridgehead atoms. The fourth-order valence-corrected chi connectivity index (χ4v) is 2.12. The highest BCUT2D eigenvalue weighted by molar-refractivity contribution is 5.94. The molecule has 0 saturated carbocycles. The maximum absolute atomic E-state index is 13.3. The molecule has 1 aromatic heterocycles. The van der Waals surface area contributed by atoms with E-state index in [0.717, 1.165) is 12.1 Å². The van der Waals surface area contributed by atoms with Gasteiger partial charge in [-0.25, -0.2) is 9.59 Å². The van der Waals surface area contributed by atoms with Crippen molar-refractivity contribution in [3.63, 3.8) is 0 Å². The molecule has 9 nitrogen and oxygen atoms in total. The first-order valence-corrected chi connectivity index (χ1v) is 5.89. The molecule has 0 radical (unpaired) electrons. The first-order valence-electron chi connectivity index (χ1n) is 5.89. The molecule has 1 aromatic carbocycles. The number of nitro benzene ring substituents is 1. The number of carbonyl (C=O) groups is 1. The number of aromatic nitrogens is 2. The lowest BCUT2D eigenvalue weighted by molar-refractivity contribution is -0.385. The predicted octanol–water partition coefficient (Wildman–Crippen LogP) is 0.301. The van der Waals surface area contributed by atoms with Gasteiger partial charge in [-0.05, 0) is 6.07 Å². The molecule has 10 heteroatoms. The molecule has 1 N–H and O–H groups in total. The van der Waals surface area contributed by atoms with Crippen LogP contribution in [0.5, 0.6) is 0 Å². The van der Waals surface area contributed by atoms with E-state index in [-0.39, 0.29) is 16.8 Å². The lowest BCUT2D eigenvalue weighted by Crippen LogP contribution is -2.34. The molecule has 1 aliphatic rings. The van der Waals surface area contributed by atoms with Crippen molar-refractivity contribution in [2.45, 2.75) is 6.23 Å². The molecule has 2 heterocycles. The standard InChI is InChI=1S/C12H6FN3O6/c13-8-4-15(12(19)14-9(8)17)10-7-3-5(16(20)21)1-2-6(7)11(18)22-10/h1-4,10H,(H,14,17,19). The maximum atomic E-state index is 13.3. The number of hydrogen-bond acceptors (Lipinski definition) is 6. The minimum absolute atomic E-state index is 0.0223. The minimum atomic E-state index is -1.39. The molecule has 1 unspecified atom stereocenters. The van der Waals surface area contributed by atoms with E-state index >= 15 is 0 Å². The molecule has 0 saturated heterocycles. The molecule has 1 aliphatic heterocycles. The third kappa shape index (κ3) is 1.97. The van der Waals surface area contributed by atoms with Gasteiger partial charge in [-0.15, -0.1) is 0 Å². The van der Waals surface area contributed by atoms with E-state index in [4.69, 9.17) is 4.74 Å². The van der Waals surface area contributed by atoms with Gasteiger partial charge in [0.1, 0.15) is 0 Å². The lowest BCUT2D eigenvalue weighted by atomic mass is 10.1. The molecular formula is C12H6FN3O6. The lowest BCUT2D eigenvalue weighted by Gasteiger charge is -2.13. The number of rotatable bonds is 2. The summed E-state index contributed by atoms with van der Waals surface area (Å²) in [5.41, 5.74) is -2.49. The zero-order valence-electron chi connectivity index (χ0n) is 10.6. The maximum Gasteiger partial charge on any atom is 0.340 e. The van der Waals surface area contributed by atoms with Crippen LogP contribution in [0.25, 0.3) is 0 Å². The van der Waals surface area contributed by atoms with Crippen molar-refractivity contribution in [2.75, 3.05) is 0 Å². The topological polar surface area (TPSA) is 124 Å². The smallest absolute Gasteiger partial charge is 0.340 e.